The predicted octanol–water partition coefficient (Wildman–Crippen LogP) is 1.11. The van der Waals surface area contributed by atoms with Crippen LogP contribution in [-0.4, -0.2) is 47.6 Å². The topological polar surface area (TPSA) is 110 Å². The molecule has 144 valence electrons. The van der Waals surface area contributed by atoms with Crippen molar-refractivity contribution in [2.24, 2.45) is 11.8 Å². The highest BCUT2D eigenvalue weighted by atomic mass is 32.1. The Morgan fingerprint density at radius 3 is 2.41 bits per heavy atom. The molecule has 4 amide bonds. The van der Waals surface area contributed by atoms with E-state index in [0.717, 1.165) is 17.7 Å². The van der Waals surface area contributed by atoms with Crippen LogP contribution in [0.2, 0.25) is 0 Å². The van der Waals surface area contributed by atoms with Crippen LogP contribution in [0.15, 0.2) is 17.5 Å². The Hall–Kier alpha value is -2.55. The van der Waals surface area contributed by atoms with Crippen LogP contribution in [0.5, 0.6) is 0 Å². The highest BCUT2D eigenvalue weighted by Gasteiger charge is 2.47. The molecule has 2 fully saturated rings. The summed E-state index contributed by atoms with van der Waals surface area (Å²) < 4.78 is 4.82. The second kappa shape index (κ2) is 8.43. The average molecular weight is 392 g/mol. The number of fused-ring (bicyclic) bond motifs is 1. The van der Waals surface area contributed by atoms with Crippen molar-refractivity contribution in [1.29, 1.82) is 0 Å². The minimum absolute atomic E-state index is 0.0424. The van der Waals surface area contributed by atoms with E-state index in [1.807, 2.05) is 0 Å². The molecule has 1 saturated heterocycles. The Labute approximate surface area is 159 Å². The molecule has 1 saturated carbocycles. The molecule has 1 aliphatic heterocycles. The normalized spacial score (nSPS) is 21.7. The number of hydrogen-bond acceptors (Lipinski definition) is 7. The van der Waals surface area contributed by atoms with E-state index in [0.29, 0.717) is 17.7 Å². The van der Waals surface area contributed by atoms with E-state index in [2.05, 4.69) is 5.32 Å². The highest BCUT2D eigenvalue weighted by molar-refractivity contribution is 7.12. The molecule has 0 unspecified atom stereocenters. The molecule has 9 heteroatoms. The van der Waals surface area contributed by atoms with Gasteiger partial charge in [-0.2, -0.15) is 0 Å². The van der Waals surface area contributed by atoms with Crippen molar-refractivity contribution in [2.75, 3.05) is 13.2 Å². The molecule has 8 nitrogen and oxygen atoms in total. The molecule has 2 aliphatic rings. The summed E-state index contributed by atoms with van der Waals surface area (Å²) >= 11 is 1.19. The van der Waals surface area contributed by atoms with Gasteiger partial charge in [-0.3, -0.25) is 34.2 Å². The number of hydrogen-bond donors (Lipinski definition) is 1. The Balaban J connectivity index is 1.40. The maximum Gasteiger partial charge on any atom is 0.308 e. The Morgan fingerprint density at radius 2 is 1.81 bits per heavy atom. The van der Waals surface area contributed by atoms with Crippen LogP contribution in [-0.2, 0) is 23.9 Å². The lowest BCUT2D eigenvalue weighted by Crippen LogP contribution is -2.35. The van der Waals surface area contributed by atoms with Gasteiger partial charge in [0.2, 0.25) is 11.8 Å². The largest absolute Gasteiger partial charge is 0.456 e. The maximum atomic E-state index is 12.3. The molecule has 1 aliphatic carbocycles. The number of nitrogens with zero attached hydrogens (tertiary/aromatic N) is 1. The van der Waals surface area contributed by atoms with Crippen LogP contribution in [0.25, 0.3) is 0 Å². The van der Waals surface area contributed by atoms with E-state index in [9.17, 15) is 24.0 Å². The first-order valence-electron chi connectivity index (χ1n) is 8.86. The lowest BCUT2D eigenvalue weighted by Gasteiger charge is -2.19. The van der Waals surface area contributed by atoms with Gasteiger partial charge < -0.3 is 4.74 Å². The molecule has 0 radical (unpaired) electrons. The maximum absolute atomic E-state index is 12.3. The lowest BCUT2D eigenvalue weighted by molar-refractivity contribution is -0.149. The van der Waals surface area contributed by atoms with E-state index in [1.165, 1.54) is 11.3 Å². The van der Waals surface area contributed by atoms with Gasteiger partial charge in [0, 0.05) is 6.54 Å². The number of carbonyl (C=O) groups is 5. The van der Waals surface area contributed by atoms with Crippen molar-refractivity contribution in [3.05, 3.63) is 22.4 Å². The number of carbonyl (C=O) groups excluding carboxylic acids is 5. The number of amides is 4. The molecule has 1 aromatic rings. The van der Waals surface area contributed by atoms with Crippen LogP contribution in [0.4, 0.5) is 0 Å². The van der Waals surface area contributed by atoms with Gasteiger partial charge in [0.05, 0.1) is 23.1 Å². The van der Waals surface area contributed by atoms with Crippen LogP contribution in [0.3, 0.4) is 0 Å². The SMILES string of the molecule is O=C(COC(=O)CCN1C(=O)[C@H]2CCCC[C@@H]2C1=O)NC(=O)c1cccs1. The lowest BCUT2D eigenvalue weighted by atomic mass is 9.81. The molecular formula is C18H20N2O6S. The second-order valence-electron chi connectivity index (χ2n) is 6.59. The molecular weight excluding hydrogens is 372 g/mol. The summed E-state index contributed by atoms with van der Waals surface area (Å²) in [6, 6.07) is 3.25. The summed E-state index contributed by atoms with van der Waals surface area (Å²) in [6.07, 6.45) is 3.14. The first-order valence-corrected chi connectivity index (χ1v) is 9.74. The standard InChI is InChI=1S/C18H20N2O6S/c21-14(19-16(23)13-6-3-9-27-13)10-26-15(22)7-8-20-17(24)11-4-1-2-5-12(11)18(20)25/h3,6,9,11-12H,1-2,4-5,7-8,10H2,(H,19,21,23)/t11-,12-/m0/s1. The van der Waals surface area contributed by atoms with Gasteiger partial charge in [-0.15, -0.1) is 11.3 Å². The predicted molar refractivity (Wildman–Crippen MR) is 94.5 cm³/mol. The summed E-state index contributed by atoms with van der Waals surface area (Å²) in [5.74, 6) is -2.92. The number of ether oxygens (including phenoxy) is 1. The quantitative estimate of drug-likeness (QED) is 0.574. The zero-order valence-corrected chi connectivity index (χ0v) is 15.5. The van der Waals surface area contributed by atoms with Crippen LogP contribution >= 0.6 is 11.3 Å². The fraction of sp³-hybridized carbons (Fsp3) is 0.500. The first kappa shape index (κ1) is 19.2. The third kappa shape index (κ3) is 4.41. The molecule has 0 aromatic carbocycles. The Morgan fingerprint density at radius 1 is 1.15 bits per heavy atom. The molecule has 3 rings (SSSR count). The molecule has 27 heavy (non-hydrogen) atoms. The monoisotopic (exact) mass is 392 g/mol. The number of likely N-dealkylation sites (tertiary alicyclic amines) is 1. The minimum atomic E-state index is -0.735. The smallest absolute Gasteiger partial charge is 0.308 e. The van der Waals surface area contributed by atoms with Gasteiger partial charge in [-0.05, 0) is 24.3 Å². The van der Waals surface area contributed by atoms with Crippen molar-refractivity contribution in [3.8, 4) is 0 Å². The number of esters is 1. The number of imide groups is 2. The van der Waals surface area contributed by atoms with Gasteiger partial charge in [0.1, 0.15) is 0 Å². The summed E-state index contributed by atoms with van der Waals surface area (Å²) in [7, 11) is 0. The minimum Gasteiger partial charge on any atom is -0.456 e. The highest BCUT2D eigenvalue weighted by Crippen LogP contribution is 2.37. The Kier molecular flexibility index (Phi) is 6.00. The van der Waals surface area contributed by atoms with Crippen molar-refractivity contribution >= 4 is 40.9 Å². The summed E-state index contributed by atoms with van der Waals surface area (Å²) in [5, 5.41) is 3.82. The number of thiophene rings is 1. The van der Waals surface area contributed by atoms with E-state index >= 15 is 0 Å². The van der Waals surface area contributed by atoms with E-state index in [-0.39, 0.29) is 36.6 Å². The van der Waals surface area contributed by atoms with Crippen molar-refractivity contribution in [1.82, 2.24) is 10.2 Å². The van der Waals surface area contributed by atoms with Gasteiger partial charge in [0.25, 0.3) is 11.8 Å². The van der Waals surface area contributed by atoms with Crippen molar-refractivity contribution in [2.45, 2.75) is 32.1 Å². The summed E-state index contributed by atoms with van der Waals surface area (Å²) in [5.41, 5.74) is 0. The molecule has 1 N–H and O–H groups in total. The van der Waals surface area contributed by atoms with Gasteiger partial charge in [-0.25, -0.2) is 0 Å². The van der Waals surface area contributed by atoms with E-state index in [4.69, 9.17) is 4.74 Å². The number of nitrogens with one attached hydrogen (secondary N) is 1. The fourth-order valence-electron chi connectivity index (χ4n) is 3.50. The zero-order chi connectivity index (χ0) is 19.4. The van der Waals surface area contributed by atoms with Crippen LogP contribution in [0, 0.1) is 11.8 Å². The number of rotatable bonds is 6. The molecule has 0 spiro atoms. The fourth-order valence-corrected chi connectivity index (χ4v) is 4.12. The van der Waals surface area contributed by atoms with E-state index < -0.39 is 24.4 Å². The van der Waals surface area contributed by atoms with Crippen molar-refractivity contribution < 1.29 is 28.7 Å². The molecule has 0 bridgehead atoms. The van der Waals surface area contributed by atoms with Crippen LogP contribution in [0.1, 0.15) is 41.8 Å². The third-order valence-corrected chi connectivity index (χ3v) is 5.70. The second-order valence-corrected chi connectivity index (χ2v) is 7.54. The van der Waals surface area contributed by atoms with Gasteiger partial charge >= 0.3 is 5.97 Å². The van der Waals surface area contributed by atoms with Crippen LogP contribution < -0.4 is 5.32 Å². The van der Waals surface area contributed by atoms with Crippen molar-refractivity contribution in [3.63, 3.8) is 0 Å². The van der Waals surface area contributed by atoms with Gasteiger partial charge in [0.15, 0.2) is 6.61 Å². The molecule has 1 aromatic heterocycles. The average Bonchev–Trinajstić information content (AvgIpc) is 3.28. The van der Waals surface area contributed by atoms with Gasteiger partial charge in [-0.1, -0.05) is 18.9 Å². The van der Waals surface area contributed by atoms with E-state index in [1.54, 1.807) is 17.5 Å². The Bertz CT molecular complexity index is 736. The summed E-state index contributed by atoms with van der Waals surface area (Å²) in [4.78, 5) is 61.3. The summed E-state index contributed by atoms with van der Waals surface area (Å²) in [6.45, 7) is -0.637. The first-order chi connectivity index (χ1) is 13.0. The molecule has 2 atom stereocenters. The molecule has 2 heterocycles. The zero-order valence-electron chi connectivity index (χ0n) is 14.6. The third-order valence-electron chi connectivity index (χ3n) is 4.83.